The quantitative estimate of drug-likeness (QED) is 0.247. The van der Waals surface area contributed by atoms with E-state index in [1.54, 1.807) is 0 Å². The number of carboxylic acid groups (broad SMARTS) is 2. The maximum absolute atomic E-state index is 12.5. The van der Waals surface area contributed by atoms with E-state index in [9.17, 15) is 39.6 Å². The molecule has 0 heterocycles. The fraction of sp³-hybridized carbons (Fsp3) is 0. The molecule has 174 valence electrons. The topological polar surface area (TPSA) is 214 Å². The minimum absolute atomic E-state index is 0.0255. The first-order valence-electron chi connectivity index (χ1n) is 9.29. The van der Waals surface area contributed by atoms with Crippen LogP contribution < -0.4 is 10.6 Å². The van der Waals surface area contributed by atoms with E-state index in [4.69, 9.17) is 10.2 Å². The molecule has 0 spiro atoms. The monoisotopic (exact) mass is 468 g/mol. The van der Waals surface area contributed by atoms with Gasteiger partial charge in [-0.1, -0.05) is 0 Å². The smallest absolute Gasteiger partial charge is 0.339 e. The number of phenolic OH excluding ortho intramolecular Hbond substituents is 2. The lowest BCUT2D eigenvalue weighted by atomic mass is 10.1. The predicted octanol–water partition coefficient (Wildman–Crippen LogP) is 2.41. The van der Waals surface area contributed by atoms with E-state index in [0.29, 0.717) is 0 Å². The molecule has 0 aromatic heterocycles. The van der Waals surface area contributed by atoms with Crippen LogP contribution in [-0.2, 0) is 0 Å². The van der Waals surface area contributed by atoms with Crippen LogP contribution in [0, 0.1) is 0 Å². The summed E-state index contributed by atoms with van der Waals surface area (Å²) in [5.41, 5.74) is -1.90. The molecule has 0 saturated carbocycles. The molecule has 0 atom stereocenters. The Morgan fingerprint density at radius 3 is 1.18 bits per heavy atom. The number of carbonyl (C=O) groups excluding carboxylic acids is 2. The second-order valence-electron chi connectivity index (χ2n) is 6.87. The van der Waals surface area contributed by atoms with Gasteiger partial charge in [0.1, 0.15) is 34.1 Å². The summed E-state index contributed by atoms with van der Waals surface area (Å²) in [6.07, 6.45) is 0. The van der Waals surface area contributed by atoms with Crippen molar-refractivity contribution in [2.45, 2.75) is 0 Å². The molecule has 0 saturated heterocycles. The van der Waals surface area contributed by atoms with Gasteiger partial charge >= 0.3 is 11.9 Å². The molecular weight excluding hydrogens is 452 g/mol. The third-order valence-electron chi connectivity index (χ3n) is 4.57. The summed E-state index contributed by atoms with van der Waals surface area (Å²) >= 11 is 0. The molecule has 2 amide bonds. The number of anilines is 2. The first kappa shape index (κ1) is 23.4. The molecule has 0 aliphatic carbocycles. The van der Waals surface area contributed by atoms with Gasteiger partial charge in [-0.3, -0.25) is 9.59 Å². The number of aromatic hydroxyl groups is 4. The molecule has 0 radical (unpaired) electrons. The van der Waals surface area contributed by atoms with Crippen LogP contribution in [0.25, 0.3) is 0 Å². The zero-order valence-electron chi connectivity index (χ0n) is 16.9. The molecule has 8 N–H and O–H groups in total. The van der Waals surface area contributed by atoms with Gasteiger partial charge in [-0.25, -0.2) is 9.59 Å². The Morgan fingerprint density at radius 2 is 0.853 bits per heavy atom. The van der Waals surface area contributed by atoms with Crippen LogP contribution >= 0.6 is 0 Å². The molecular formula is C22H16N2O10. The molecule has 0 aliphatic heterocycles. The van der Waals surface area contributed by atoms with Crippen LogP contribution in [0.4, 0.5) is 11.4 Å². The molecule has 0 fully saturated rings. The highest BCUT2D eigenvalue weighted by Gasteiger charge is 2.21. The molecule has 12 nitrogen and oxygen atoms in total. The fourth-order valence-corrected chi connectivity index (χ4v) is 2.91. The van der Waals surface area contributed by atoms with Gasteiger partial charge in [0.05, 0.1) is 11.1 Å². The number of carboxylic acids is 2. The van der Waals surface area contributed by atoms with Crippen LogP contribution in [0.1, 0.15) is 41.4 Å². The fourth-order valence-electron chi connectivity index (χ4n) is 2.91. The average Bonchev–Trinajstić information content (AvgIpc) is 2.77. The summed E-state index contributed by atoms with van der Waals surface area (Å²) in [4.78, 5) is 47.2. The van der Waals surface area contributed by atoms with Gasteiger partial charge in [-0.2, -0.15) is 0 Å². The largest absolute Gasteiger partial charge is 0.507 e. The second kappa shape index (κ2) is 9.08. The van der Waals surface area contributed by atoms with Gasteiger partial charge < -0.3 is 41.3 Å². The molecule has 0 unspecified atom stereocenters. The highest BCUT2D eigenvalue weighted by Crippen LogP contribution is 2.30. The lowest BCUT2D eigenvalue weighted by Gasteiger charge is -2.12. The van der Waals surface area contributed by atoms with Gasteiger partial charge in [-0.15, -0.1) is 0 Å². The zero-order chi connectivity index (χ0) is 25.2. The first-order chi connectivity index (χ1) is 16.0. The normalized spacial score (nSPS) is 10.4. The summed E-state index contributed by atoms with van der Waals surface area (Å²) in [7, 11) is 0. The van der Waals surface area contributed by atoms with Crippen LogP contribution in [0.5, 0.6) is 23.0 Å². The van der Waals surface area contributed by atoms with E-state index in [2.05, 4.69) is 10.6 Å². The number of carbonyl (C=O) groups is 4. The minimum atomic E-state index is -1.44. The van der Waals surface area contributed by atoms with Gasteiger partial charge in [0, 0.05) is 11.4 Å². The summed E-state index contributed by atoms with van der Waals surface area (Å²) in [5.74, 6) is -7.22. The number of phenols is 4. The minimum Gasteiger partial charge on any atom is -0.507 e. The maximum atomic E-state index is 12.5. The molecule has 12 heteroatoms. The van der Waals surface area contributed by atoms with Crippen molar-refractivity contribution in [3.8, 4) is 23.0 Å². The average molecular weight is 468 g/mol. The number of amides is 2. The molecule has 0 aliphatic rings. The van der Waals surface area contributed by atoms with Crippen LogP contribution in [0.3, 0.4) is 0 Å². The number of hydrogen-bond acceptors (Lipinski definition) is 8. The molecule has 0 bridgehead atoms. The molecule has 3 aromatic rings. The van der Waals surface area contributed by atoms with Crippen molar-refractivity contribution in [1.29, 1.82) is 0 Å². The number of benzene rings is 3. The van der Waals surface area contributed by atoms with Gasteiger partial charge in [0.15, 0.2) is 0 Å². The number of rotatable bonds is 6. The Hall–Kier alpha value is -5.26. The van der Waals surface area contributed by atoms with E-state index in [-0.39, 0.29) is 11.4 Å². The summed E-state index contributed by atoms with van der Waals surface area (Å²) < 4.78 is 0. The zero-order valence-corrected chi connectivity index (χ0v) is 16.9. The van der Waals surface area contributed by atoms with Crippen LogP contribution in [0.2, 0.25) is 0 Å². The van der Waals surface area contributed by atoms with Crippen molar-refractivity contribution in [3.63, 3.8) is 0 Å². The number of hydrogen-bond donors (Lipinski definition) is 8. The summed E-state index contributed by atoms with van der Waals surface area (Å²) in [6.45, 7) is 0. The Bertz CT molecular complexity index is 1250. The SMILES string of the molecule is O=C(O)c1cc(NC(=O)c2cc(O)c(C(=O)Nc3ccc(O)c(C(=O)O)c3)cc2O)ccc1O. The van der Waals surface area contributed by atoms with Crippen LogP contribution in [-0.4, -0.2) is 54.4 Å². The standard InChI is InChI=1S/C22H16N2O10/c25-15-3-1-9(5-13(15)21(31)32)23-19(29)11-7-18(28)12(8-17(11)27)20(30)24-10-2-4-16(26)14(6-10)22(33)34/h1-8,25-28H,(H,23,29)(H,24,30)(H,31,32)(H,33,34). The Balaban J connectivity index is 1.83. The lowest BCUT2D eigenvalue weighted by Crippen LogP contribution is -2.15. The van der Waals surface area contributed by atoms with E-state index >= 15 is 0 Å². The van der Waals surface area contributed by atoms with Crippen molar-refractivity contribution in [2.24, 2.45) is 0 Å². The third kappa shape index (κ3) is 4.80. The van der Waals surface area contributed by atoms with Crippen molar-refractivity contribution in [3.05, 3.63) is 70.8 Å². The maximum Gasteiger partial charge on any atom is 0.339 e. The van der Waals surface area contributed by atoms with Crippen molar-refractivity contribution >= 4 is 35.1 Å². The highest BCUT2D eigenvalue weighted by atomic mass is 16.4. The molecule has 3 aromatic carbocycles. The van der Waals surface area contributed by atoms with Crippen LogP contribution in [0.15, 0.2) is 48.5 Å². The van der Waals surface area contributed by atoms with E-state index in [1.807, 2.05) is 0 Å². The van der Waals surface area contributed by atoms with Gasteiger partial charge in [-0.05, 0) is 48.5 Å². The van der Waals surface area contributed by atoms with Gasteiger partial charge in [0.25, 0.3) is 11.8 Å². The predicted molar refractivity (Wildman–Crippen MR) is 116 cm³/mol. The summed E-state index contributed by atoms with van der Waals surface area (Å²) in [6, 6.07) is 8.08. The Labute approximate surface area is 190 Å². The third-order valence-corrected chi connectivity index (χ3v) is 4.57. The molecule has 34 heavy (non-hydrogen) atoms. The Kier molecular flexibility index (Phi) is 6.25. The van der Waals surface area contributed by atoms with E-state index in [0.717, 1.165) is 36.4 Å². The van der Waals surface area contributed by atoms with Crippen molar-refractivity contribution in [2.75, 3.05) is 10.6 Å². The van der Waals surface area contributed by atoms with E-state index < -0.39 is 69.0 Å². The highest BCUT2D eigenvalue weighted by molar-refractivity contribution is 6.11. The summed E-state index contributed by atoms with van der Waals surface area (Å²) in [5, 5.41) is 62.2. The molecule has 3 rings (SSSR count). The lowest BCUT2D eigenvalue weighted by molar-refractivity contribution is 0.0682. The van der Waals surface area contributed by atoms with Gasteiger partial charge in [0.2, 0.25) is 0 Å². The van der Waals surface area contributed by atoms with E-state index in [1.165, 1.54) is 12.1 Å². The number of aromatic carboxylic acids is 2. The first-order valence-corrected chi connectivity index (χ1v) is 9.29. The van der Waals surface area contributed by atoms with Crippen molar-refractivity contribution < 1.29 is 49.8 Å². The number of nitrogens with one attached hydrogen (secondary N) is 2. The van der Waals surface area contributed by atoms with Crippen molar-refractivity contribution in [1.82, 2.24) is 0 Å². The Morgan fingerprint density at radius 1 is 0.500 bits per heavy atom. The second-order valence-corrected chi connectivity index (χ2v) is 6.87.